The number of anilines is 1. The summed E-state index contributed by atoms with van der Waals surface area (Å²) in [7, 11) is -1.88. The fourth-order valence-electron chi connectivity index (χ4n) is 2.25. The maximum absolute atomic E-state index is 12.6. The van der Waals surface area contributed by atoms with Gasteiger partial charge in [-0.2, -0.15) is 4.31 Å². The fraction of sp³-hybridized carbons (Fsp3) is 0.583. The van der Waals surface area contributed by atoms with Crippen LogP contribution in [0.15, 0.2) is 23.2 Å². The van der Waals surface area contributed by atoms with Crippen molar-refractivity contribution in [2.45, 2.75) is 31.0 Å². The van der Waals surface area contributed by atoms with Gasteiger partial charge in [-0.3, -0.25) is 0 Å². The van der Waals surface area contributed by atoms with Gasteiger partial charge >= 0.3 is 0 Å². The number of rotatable bonds is 3. The van der Waals surface area contributed by atoms with Crippen LogP contribution in [0.3, 0.4) is 0 Å². The number of hydrogen-bond donors (Lipinski definition) is 1. The van der Waals surface area contributed by atoms with Gasteiger partial charge in [-0.05, 0) is 26.0 Å². The van der Waals surface area contributed by atoms with Gasteiger partial charge in [0.25, 0.3) is 0 Å². The number of ether oxygens (including phenoxy) is 1. The van der Waals surface area contributed by atoms with Crippen molar-refractivity contribution in [1.82, 2.24) is 9.29 Å². The summed E-state index contributed by atoms with van der Waals surface area (Å²) >= 11 is 0. The fourth-order valence-corrected chi connectivity index (χ4v) is 3.99. The molecule has 1 aromatic heterocycles. The Morgan fingerprint density at radius 3 is 2.58 bits per heavy atom. The zero-order valence-corrected chi connectivity index (χ0v) is 12.1. The van der Waals surface area contributed by atoms with E-state index in [-0.39, 0.29) is 17.1 Å². The van der Waals surface area contributed by atoms with Crippen LogP contribution >= 0.6 is 0 Å². The zero-order valence-electron chi connectivity index (χ0n) is 11.3. The lowest BCUT2D eigenvalue weighted by Crippen LogP contribution is -2.48. The van der Waals surface area contributed by atoms with Crippen LogP contribution in [0, 0.1) is 0 Å². The smallest absolute Gasteiger partial charge is 0.246 e. The third-order valence-electron chi connectivity index (χ3n) is 3.01. The topological polar surface area (TPSA) is 71.5 Å². The Kier molecular flexibility index (Phi) is 4.07. The first-order chi connectivity index (χ1) is 8.95. The zero-order chi connectivity index (χ0) is 14.0. The van der Waals surface area contributed by atoms with Gasteiger partial charge in [0.2, 0.25) is 10.0 Å². The van der Waals surface area contributed by atoms with Gasteiger partial charge in [-0.25, -0.2) is 13.4 Å². The minimum absolute atomic E-state index is 0.103. The molecule has 0 bridgehead atoms. The molecule has 19 heavy (non-hydrogen) atoms. The van der Waals surface area contributed by atoms with Crippen molar-refractivity contribution in [3.63, 3.8) is 0 Å². The van der Waals surface area contributed by atoms with E-state index in [4.69, 9.17) is 4.74 Å². The summed E-state index contributed by atoms with van der Waals surface area (Å²) in [5.41, 5.74) is 0. The standard InChI is InChI=1S/C12H19N3O3S/c1-9-7-15(8-10(2)18-9)19(16,17)11-5-4-6-14-12(11)13-3/h4-6,9-10H,7-8H2,1-3H3,(H,13,14)/t9-,10+. The van der Waals surface area contributed by atoms with Gasteiger partial charge in [0, 0.05) is 26.3 Å². The van der Waals surface area contributed by atoms with Crippen molar-refractivity contribution < 1.29 is 13.2 Å². The normalized spacial score (nSPS) is 25.2. The number of hydrogen-bond acceptors (Lipinski definition) is 5. The molecule has 1 saturated heterocycles. The van der Waals surface area contributed by atoms with Gasteiger partial charge in [-0.15, -0.1) is 0 Å². The number of nitrogens with zero attached hydrogens (tertiary/aromatic N) is 2. The van der Waals surface area contributed by atoms with E-state index in [0.717, 1.165) is 0 Å². The minimum Gasteiger partial charge on any atom is -0.373 e. The summed E-state index contributed by atoms with van der Waals surface area (Å²) in [6, 6.07) is 3.19. The number of pyridine rings is 1. The van der Waals surface area contributed by atoms with Crippen LogP contribution < -0.4 is 5.32 Å². The van der Waals surface area contributed by atoms with Crippen molar-refractivity contribution >= 4 is 15.8 Å². The lowest BCUT2D eigenvalue weighted by Gasteiger charge is -2.34. The van der Waals surface area contributed by atoms with Gasteiger partial charge in [0.05, 0.1) is 12.2 Å². The number of morpholine rings is 1. The molecule has 0 unspecified atom stereocenters. The summed E-state index contributed by atoms with van der Waals surface area (Å²) in [6.45, 7) is 4.48. The second kappa shape index (κ2) is 5.44. The predicted molar refractivity (Wildman–Crippen MR) is 72.6 cm³/mol. The Morgan fingerprint density at radius 2 is 2.00 bits per heavy atom. The second-order valence-corrected chi connectivity index (χ2v) is 6.59. The lowest BCUT2D eigenvalue weighted by atomic mass is 10.3. The van der Waals surface area contributed by atoms with E-state index in [2.05, 4.69) is 10.3 Å². The highest BCUT2D eigenvalue weighted by Gasteiger charge is 2.33. The molecule has 1 aromatic rings. The number of sulfonamides is 1. The summed E-state index contributed by atoms with van der Waals surface area (Å²) in [5.74, 6) is 0.370. The van der Waals surface area contributed by atoms with Crippen LogP contribution in [0.2, 0.25) is 0 Å². The molecule has 0 spiro atoms. The van der Waals surface area contributed by atoms with Gasteiger partial charge in [-0.1, -0.05) is 0 Å². The Bertz CT molecular complexity index is 537. The quantitative estimate of drug-likeness (QED) is 0.894. The van der Waals surface area contributed by atoms with Crippen molar-refractivity contribution in [3.8, 4) is 0 Å². The molecule has 0 aromatic carbocycles. The van der Waals surface area contributed by atoms with Crippen LogP contribution in [0.25, 0.3) is 0 Å². The van der Waals surface area contributed by atoms with Gasteiger partial charge < -0.3 is 10.1 Å². The third-order valence-corrected chi connectivity index (χ3v) is 4.87. The van der Waals surface area contributed by atoms with E-state index in [0.29, 0.717) is 18.9 Å². The molecular formula is C12H19N3O3S. The Morgan fingerprint density at radius 1 is 1.37 bits per heavy atom. The average molecular weight is 285 g/mol. The molecule has 0 saturated carbocycles. The highest BCUT2D eigenvalue weighted by Crippen LogP contribution is 2.25. The largest absolute Gasteiger partial charge is 0.373 e. The highest BCUT2D eigenvalue weighted by molar-refractivity contribution is 7.89. The van der Waals surface area contributed by atoms with Crippen molar-refractivity contribution in [2.24, 2.45) is 0 Å². The van der Waals surface area contributed by atoms with E-state index in [9.17, 15) is 8.42 Å². The molecular weight excluding hydrogens is 266 g/mol. The molecule has 6 nitrogen and oxygen atoms in total. The molecule has 2 atom stereocenters. The number of aromatic nitrogens is 1. The van der Waals surface area contributed by atoms with Crippen molar-refractivity contribution in [2.75, 3.05) is 25.5 Å². The summed E-state index contributed by atoms with van der Waals surface area (Å²) in [5, 5.41) is 2.82. The molecule has 0 aliphatic carbocycles. The van der Waals surface area contributed by atoms with Crippen LogP contribution in [-0.2, 0) is 14.8 Å². The van der Waals surface area contributed by atoms with Crippen molar-refractivity contribution in [3.05, 3.63) is 18.3 Å². The van der Waals surface area contributed by atoms with Crippen LogP contribution in [0.5, 0.6) is 0 Å². The van der Waals surface area contributed by atoms with E-state index >= 15 is 0 Å². The molecule has 1 aliphatic rings. The van der Waals surface area contributed by atoms with E-state index in [1.165, 1.54) is 4.31 Å². The Balaban J connectivity index is 2.36. The molecule has 2 rings (SSSR count). The highest BCUT2D eigenvalue weighted by atomic mass is 32.2. The lowest BCUT2D eigenvalue weighted by molar-refractivity contribution is -0.0440. The molecule has 1 fully saturated rings. The summed E-state index contributed by atoms with van der Waals surface area (Å²) in [4.78, 5) is 4.26. The average Bonchev–Trinajstić information content (AvgIpc) is 2.37. The predicted octanol–water partition coefficient (Wildman–Crippen LogP) is 0.921. The SMILES string of the molecule is CNc1ncccc1S(=O)(=O)N1C[C@@H](C)O[C@@H](C)C1. The number of nitrogens with one attached hydrogen (secondary N) is 1. The maximum atomic E-state index is 12.6. The molecule has 0 amide bonds. The monoisotopic (exact) mass is 285 g/mol. The first-order valence-corrected chi connectivity index (χ1v) is 7.67. The van der Waals surface area contributed by atoms with Crippen LogP contribution in [0.1, 0.15) is 13.8 Å². The van der Waals surface area contributed by atoms with E-state index in [1.807, 2.05) is 13.8 Å². The molecule has 7 heteroatoms. The van der Waals surface area contributed by atoms with E-state index in [1.54, 1.807) is 25.4 Å². The minimum atomic E-state index is -3.54. The molecule has 106 valence electrons. The maximum Gasteiger partial charge on any atom is 0.246 e. The first kappa shape index (κ1) is 14.2. The molecule has 2 heterocycles. The van der Waals surface area contributed by atoms with E-state index < -0.39 is 10.0 Å². The second-order valence-electron chi connectivity index (χ2n) is 4.68. The summed E-state index contributed by atoms with van der Waals surface area (Å²) < 4.78 is 32.3. The molecule has 0 radical (unpaired) electrons. The first-order valence-electron chi connectivity index (χ1n) is 6.23. The molecule has 1 N–H and O–H groups in total. The van der Waals surface area contributed by atoms with Gasteiger partial charge in [0.15, 0.2) is 0 Å². The summed E-state index contributed by atoms with van der Waals surface area (Å²) in [6.07, 6.45) is 1.36. The van der Waals surface area contributed by atoms with Crippen molar-refractivity contribution in [1.29, 1.82) is 0 Å². The third kappa shape index (κ3) is 2.88. The van der Waals surface area contributed by atoms with Crippen LogP contribution in [0.4, 0.5) is 5.82 Å². The van der Waals surface area contributed by atoms with Gasteiger partial charge in [0.1, 0.15) is 10.7 Å². The molecule has 1 aliphatic heterocycles. The Labute approximate surface area is 113 Å². The Hall–Kier alpha value is -1.18. The van der Waals surface area contributed by atoms with Crippen LogP contribution in [-0.4, -0.2) is 50.1 Å².